The molecule has 2 aliphatic rings. The number of aromatic nitrogens is 2. The van der Waals surface area contributed by atoms with E-state index in [-0.39, 0.29) is 12.1 Å². The Balaban J connectivity index is 1.28. The molecule has 1 unspecified atom stereocenters. The highest BCUT2D eigenvalue weighted by molar-refractivity contribution is 7.09. The topological polar surface area (TPSA) is 70.2 Å². The standard InChI is InChI=1S/C17H21N5OS/c23-17(19-10-14-2-1-9-24-14)20-13-6-8-22(11-13)16-18-7-5-15(21-16)12-3-4-12/h1-2,5,7,9,12-13H,3-4,6,8,10-11H2,(H2,19,20,23). The molecular weight excluding hydrogens is 322 g/mol. The summed E-state index contributed by atoms with van der Waals surface area (Å²) in [6, 6.07) is 6.06. The van der Waals surface area contributed by atoms with Crippen molar-refractivity contribution in [2.45, 2.75) is 37.8 Å². The van der Waals surface area contributed by atoms with Crippen LogP contribution in [0, 0.1) is 0 Å². The van der Waals surface area contributed by atoms with Crippen molar-refractivity contribution < 1.29 is 4.79 Å². The highest BCUT2D eigenvalue weighted by Crippen LogP contribution is 2.39. The largest absolute Gasteiger partial charge is 0.339 e. The van der Waals surface area contributed by atoms with Crippen LogP contribution in [0.2, 0.25) is 0 Å². The fourth-order valence-corrected chi connectivity index (χ4v) is 3.64. The minimum absolute atomic E-state index is 0.108. The average Bonchev–Trinajstić information content (AvgIpc) is 3.13. The fourth-order valence-electron chi connectivity index (χ4n) is 3.00. The summed E-state index contributed by atoms with van der Waals surface area (Å²) >= 11 is 1.65. The lowest BCUT2D eigenvalue weighted by atomic mass is 10.3. The number of rotatable bonds is 5. The predicted octanol–water partition coefficient (Wildman–Crippen LogP) is 2.49. The van der Waals surface area contributed by atoms with Gasteiger partial charge in [0.2, 0.25) is 5.95 Å². The summed E-state index contributed by atoms with van der Waals surface area (Å²) in [6.07, 6.45) is 5.25. The fraction of sp³-hybridized carbons (Fsp3) is 0.471. The Hall–Kier alpha value is -2.15. The molecule has 126 valence electrons. The van der Waals surface area contributed by atoms with Gasteiger partial charge in [0.25, 0.3) is 0 Å². The monoisotopic (exact) mass is 343 g/mol. The number of carbonyl (C=O) groups is 1. The lowest BCUT2D eigenvalue weighted by Gasteiger charge is -2.17. The molecule has 1 saturated carbocycles. The van der Waals surface area contributed by atoms with Crippen molar-refractivity contribution in [3.63, 3.8) is 0 Å². The number of nitrogens with one attached hydrogen (secondary N) is 2. The van der Waals surface area contributed by atoms with E-state index < -0.39 is 0 Å². The predicted molar refractivity (Wildman–Crippen MR) is 94.3 cm³/mol. The van der Waals surface area contributed by atoms with Gasteiger partial charge in [0.1, 0.15) is 0 Å². The summed E-state index contributed by atoms with van der Waals surface area (Å²) in [7, 11) is 0. The molecule has 2 amide bonds. The van der Waals surface area contributed by atoms with E-state index in [1.165, 1.54) is 12.8 Å². The molecule has 7 heteroatoms. The molecule has 2 fully saturated rings. The lowest BCUT2D eigenvalue weighted by molar-refractivity contribution is 0.237. The number of urea groups is 1. The SMILES string of the molecule is O=C(NCc1cccs1)NC1CCN(c2nccc(C3CC3)n2)C1. The molecule has 1 aliphatic heterocycles. The van der Waals surface area contributed by atoms with Crippen LogP contribution in [0.4, 0.5) is 10.7 Å². The first kappa shape index (κ1) is 15.4. The van der Waals surface area contributed by atoms with Crippen LogP contribution in [-0.2, 0) is 6.54 Å². The molecule has 2 N–H and O–H groups in total. The van der Waals surface area contributed by atoms with Gasteiger partial charge in [-0.2, -0.15) is 0 Å². The van der Waals surface area contributed by atoms with Crippen molar-refractivity contribution >= 4 is 23.3 Å². The molecule has 0 bridgehead atoms. The van der Waals surface area contributed by atoms with Gasteiger partial charge in [0.05, 0.1) is 6.54 Å². The number of hydrogen-bond acceptors (Lipinski definition) is 5. The molecular formula is C17H21N5OS. The summed E-state index contributed by atoms with van der Waals surface area (Å²) in [5.41, 5.74) is 1.16. The zero-order valence-electron chi connectivity index (χ0n) is 13.4. The second kappa shape index (κ2) is 6.76. The number of thiophene rings is 1. The van der Waals surface area contributed by atoms with Crippen LogP contribution in [0.5, 0.6) is 0 Å². The van der Waals surface area contributed by atoms with Gasteiger partial charge in [-0.3, -0.25) is 0 Å². The van der Waals surface area contributed by atoms with Crippen LogP contribution in [0.15, 0.2) is 29.8 Å². The highest BCUT2D eigenvalue weighted by Gasteiger charge is 2.28. The second-order valence-corrected chi connectivity index (χ2v) is 7.43. The number of hydrogen-bond donors (Lipinski definition) is 2. The summed E-state index contributed by atoms with van der Waals surface area (Å²) in [4.78, 5) is 24.4. The molecule has 2 aromatic heterocycles. The van der Waals surface area contributed by atoms with Crippen LogP contribution in [0.1, 0.15) is 35.8 Å². The number of nitrogens with zero attached hydrogens (tertiary/aromatic N) is 3. The Labute approximate surface area is 145 Å². The van der Waals surface area contributed by atoms with E-state index in [1.54, 1.807) is 11.3 Å². The maximum atomic E-state index is 12.0. The number of anilines is 1. The molecule has 0 spiro atoms. The van der Waals surface area contributed by atoms with Gasteiger partial charge in [0, 0.05) is 41.8 Å². The average molecular weight is 343 g/mol. The zero-order valence-corrected chi connectivity index (χ0v) is 14.3. The van der Waals surface area contributed by atoms with Crippen molar-refractivity contribution in [2.24, 2.45) is 0 Å². The Morgan fingerprint density at radius 2 is 2.25 bits per heavy atom. The quantitative estimate of drug-likeness (QED) is 0.875. The lowest BCUT2D eigenvalue weighted by Crippen LogP contribution is -2.43. The number of carbonyl (C=O) groups excluding carboxylic acids is 1. The van der Waals surface area contributed by atoms with Crippen molar-refractivity contribution in [2.75, 3.05) is 18.0 Å². The van der Waals surface area contributed by atoms with Crippen molar-refractivity contribution in [1.29, 1.82) is 0 Å². The Kier molecular flexibility index (Phi) is 4.34. The Bertz CT molecular complexity index is 701. The van der Waals surface area contributed by atoms with Crippen molar-refractivity contribution in [3.05, 3.63) is 40.3 Å². The van der Waals surface area contributed by atoms with Gasteiger partial charge in [-0.05, 0) is 36.8 Å². The van der Waals surface area contributed by atoms with Crippen LogP contribution in [0.25, 0.3) is 0 Å². The molecule has 24 heavy (non-hydrogen) atoms. The molecule has 4 rings (SSSR count). The smallest absolute Gasteiger partial charge is 0.315 e. The molecule has 6 nitrogen and oxygen atoms in total. The molecule has 3 heterocycles. The molecule has 0 radical (unpaired) electrons. The van der Waals surface area contributed by atoms with Crippen LogP contribution in [-0.4, -0.2) is 35.1 Å². The van der Waals surface area contributed by atoms with Gasteiger partial charge < -0.3 is 15.5 Å². The Morgan fingerprint density at radius 3 is 3.04 bits per heavy atom. The van der Waals surface area contributed by atoms with Crippen molar-refractivity contribution in [3.8, 4) is 0 Å². The van der Waals surface area contributed by atoms with E-state index in [9.17, 15) is 4.79 Å². The maximum Gasteiger partial charge on any atom is 0.315 e. The zero-order chi connectivity index (χ0) is 16.4. The normalized spacial score (nSPS) is 20.2. The molecule has 2 aromatic rings. The van der Waals surface area contributed by atoms with Crippen LogP contribution in [0.3, 0.4) is 0 Å². The van der Waals surface area contributed by atoms with E-state index in [0.717, 1.165) is 36.0 Å². The van der Waals surface area contributed by atoms with Gasteiger partial charge in [-0.25, -0.2) is 14.8 Å². The first-order chi connectivity index (χ1) is 11.8. The van der Waals surface area contributed by atoms with Gasteiger partial charge in [-0.15, -0.1) is 11.3 Å². The molecule has 1 aliphatic carbocycles. The Morgan fingerprint density at radius 1 is 1.33 bits per heavy atom. The minimum Gasteiger partial charge on any atom is -0.339 e. The van der Waals surface area contributed by atoms with E-state index in [2.05, 4.69) is 25.5 Å². The van der Waals surface area contributed by atoms with Gasteiger partial charge in [0.15, 0.2) is 0 Å². The molecule has 1 atom stereocenters. The van der Waals surface area contributed by atoms with Gasteiger partial charge >= 0.3 is 6.03 Å². The minimum atomic E-state index is -0.108. The summed E-state index contributed by atoms with van der Waals surface area (Å²) in [5, 5.41) is 7.97. The second-order valence-electron chi connectivity index (χ2n) is 6.39. The first-order valence-electron chi connectivity index (χ1n) is 8.42. The summed E-state index contributed by atoms with van der Waals surface area (Å²) in [5.74, 6) is 1.42. The van der Waals surface area contributed by atoms with E-state index in [4.69, 9.17) is 0 Å². The maximum absolute atomic E-state index is 12.0. The van der Waals surface area contributed by atoms with Crippen LogP contribution >= 0.6 is 11.3 Å². The third-order valence-corrected chi connectivity index (χ3v) is 5.35. The highest BCUT2D eigenvalue weighted by atomic mass is 32.1. The van der Waals surface area contributed by atoms with E-state index in [0.29, 0.717) is 12.5 Å². The van der Waals surface area contributed by atoms with E-state index in [1.807, 2.05) is 29.8 Å². The van der Waals surface area contributed by atoms with Gasteiger partial charge in [-0.1, -0.05) is 6.07 Å². The summed E-state index contributed by atoms with van der Waals surface area (Å²) < 4.78 is 0. The van der Waals surface area contributed by atoms with Crippen LogP contribution < -0.4 is 15.5 Å². The molecule has 0 aromatic carbocycles. The molecule has 1 saturated heterocycles. The number of amides is 2. The summed E-state index contributed by atoms with van der Waals surface area (Å²) in [6.45, 7) is 2.22. The van der Waals surface area contributed by atoms with Crippen molar-refractivity contribution in [1.82, 2.24) is 20.6 Å². The first-order valence-corrected chi connectivity index (χ1v) is 9.30. The third kappa shape index (κ3) is 3.67. The third-order valence-electron chi connectivity index (χ3n) is 4.47. The van der Waals surface area contributed by atoms with E-state index >= 15 is 0 Å².